The highest BCUT2D eigenvalue weighted by Gasteiger charge is 2.18. The smallest absolute Gasteiger partial charge is 0.347 e. The Morgan fingerprint density at radius 2 is 2.04 bits per heavy atom. The molecule has 0 amide bonds. The molecule has 1 aromatic carbocycles. The fourth-order valence-electron chi connectivity index (χ4n) is 2.39. The van der Waals surface area contributed by atoms with E-state index in [9.17, 15) is 9.59 Å². The molecule has 0 radical (unpaired) electrons. The molecule has 5 nitrogen and oxygen atoms in total. The van der Waals surface area contributed by atoms with Crippen molar-refractivity contribution in [2.45, 2.75) is 46.1 Å². The number of fused-ring (bicyclic) bond motifs is 1. The van der Waals surface area contributed by atoms with E-state index in [0.29, 0.717) is 10.6 Å². The molecular weight excluding hydrogens is 332 g/mol. The first kappa shape index (κ1) is 18.3. The first-order valence-corrected chi connectivity index (χ1v) is 8.43. The van der Waals surface area contributed by atoms with Crippen molar-refractivity contribution < 1.29 is 18.7 Å². The van der Waals surface area contributed by atoms with Gasteiger partial charge < -0.3 is 13.9 Å². The van der Waals surface area contributed by atoms with Gasteiger partial charge in [-0.3, -0.25) is 0 Å². The van der Waals surface area contributed by atoms with Crippen molar-refractivity contribution in [2.75, 3.05) is 6.61 Å². The van der Waals surface area contributed by atoms with Gasteiger partial charge in [0.05, 0.1) is 11.6 Å². The van der Waals surface area contributed by atoms with Crippen LogP contribution in [0.25, 0.3) is 11.0 Å². The maximum absolute atomic E-state index is 11.8. The average molecular weight is 353 g/mol. The number of carbonyl (C=O) groups is 1. The SMILES string of the molecule is CCCCc1cc(=O)oc2cc(O[C@@H](C)C(=O)OCC)c(Cl)cc12. The lowest BCUT2D eigenvalue weighted by Gasteiger charge is -2.15. The van der Waals surface area contributed by atoms with Gasteiger partial charge in [0.15, 0.2) is 6.10 Å². The van der Waals surface area contributed by atoms with Gasteiger partial charge in [-0.25, -0.2) is 9.59 Å². The van der Waals surface area contributed by atoms with E-state index in [4.69, 9.17) is 25.5 Å². The van der Waals surface area contributed by atoms with Crippen LogP contribution in [0.5, 0.6) is 5.75 Å². The topological polar surface area (TPSA) is 65.7 Å². The maximum Gasteiger partial charge on any atom is 0.347 e. The number of aryl methyl sites for hydroxylation is 1. The predicted molar refractivity (Wildman–Crippen MR) is 92.8 cm³/mol. The minimum absolute atomic E-state index is 0.271. The van der Waals surface area contributed by atoms with E-state index in [1.807, 2.05) is 0 Å². The van der Waals surface area contributed by atoms with Crippen LogP contribution in [0.4, 0.5) is 0 Å². The van der Waals surface area contributed by atoms with E-state index in [0.717, 1.165) is 30.2 Å². The Kier molecular flexibility index (Phi) is 6.26. The molecule has 0 fully saturated rings. The average Bonchev–Trinajstić information content (AvgIpc) is 2.54. The molecule has 1 heterocycles. The number of rotatable bonds is 7. The van der Waals surface area contributed by atoms with Crippen LogP contribution >= 0.6 is 11.6 Å². The van der Waals surface area contributed by atoms with Gasteiger partial charge in [-0.2, -0.15) is 0 Å². The fraction of sp³-hybridized carbons (Fsp3) is 0.444. The van der Waals surface area contributed by atoms with E-state index in [2.05, 4.69) is 6.92 Å². The third-order valence-electron chi connectivity index (χ3n) is 3.60. The van der Waals surface area contributed by atoms with Crippen LogP contribution in [0, 0.1) is 0 Å². The zero-order chi connectivity index (χ0) is 17.7. The molecule has 0 aliphatic rings. The summed E-state index contributed by atoms with van der Waals surface area (Å²) in [5.74, 6) is -0.202. The molecule has 0 saturated carbocycles. The number of hydrogen-bond donors (Lipinski definition) is 0. The van der Waals surface area contributed by atoms with E-state index in [1.165, 1.54) is 6.07 Å². The second kappa shape index (κ2) is 8.20. The minimum atomic E-state index is -0.810. The van der Waals surface area contributed by atoms with Crippen LogP contribution in [-0.4, -0.2) is 18.7 Å². The summed E-state index contributed by atoms with van der Waals surface area (Å²) in [6, 6.07) is 4.75. The number of esters is 1. The fourth-order valence-corrected chi connectivity index (χ4v) is 2.60. The molecule has 2 aromatic rings. The zero-order valence-corrected chi connectivity index (χ0v) is 14.8. The second-order valence-electron chi connectivity index (χ2n) is 5.49. The summed E-state index contributed by atoms with van der Waals surface area (Å²) >= 11 is 6.28. The Labute approximate surface area is 145 Å². The molecular formula is C18H21ClO5. The van der Waals surface area contributed by atoms with Crippen molar-refractivity contribution in [3.8, 4) is 5.75 Å². The third-order valence-corrected chi connectivity index (χ3v) is 3.90. The summed E-state index contributed by atoms with van der Waals surface area (Å²) in [4.78, 5) is 23.4. The van der Waals surface area contributed by atoms with Crippen LogP contribution in [0.15, 0.2) is 27.4 Å². The lowest BCUT2D eigenvalue weighted by Crippen LogP contribution is -2.26. The largest absolute Gasteiger partial charge is 0.477 e. The summed E-state index contributed by atoms with van der Waals surface area (Å²) < 4.78 is 15.7. The maximum atomic E-state index is 11.8. The molecule has 2 rings (SSSR count). The van der Waals surface area contributed by atoms with Gasteiger partial charge in [0.1, 0.15) is 11.3 Å². The summed E-state index contributed by atoms with van der Waals surface area (Å²) in [5, 5.41) is 1.13. The lowest BCUT2D eigenvalue weighted by atomic mass is 10.0. The summed E-state index contributed by atoms with van der Waals surface area (Å²) in [7, 11) is 0. The van der Waals surface area contributed by atoms with Gasteiger partial charge in [-0.1, -0.05) is 24.9 Å². The normalized spacial score (nSPS) is 12.2. The molecule has 0 saturated heterocycles. The van der Waals surface area contributed by atoms with Gasteiger partial charge in [-0.05, 0) is 38.3 Å². The van der Waals surface area contributed by atoms with E-state index in [1.54, 1.807) is 26.0 Å². The standard InChI is InChI=1S/C18H21ClO5/c1-4-6-7-12-8-17(20)24-15-10-16(14(19)9-13(12)15)23-11(3)18(21)22-5-2/h8-11H,4-7H2,1-3H3/t11-/m0/s1. The quantitative estimate of drug-likeness (QED) is 0.554. The molecule has 0 unspecified atom stereocenters. The third kappa shape index (κ3) is 4.29. The Morgan fingerprint density at radius 3 is 2.71 bits per heavy atom. The summed E-state index contributed by atoms with van der Waals surface area (Å²) in [5.41, 5.74) is 0.874. The molecule has 24 heavy (non-hydrogen) atoms. The van der Waals surface area contributed by atoms with Crippen molar-refractivity contribution in [1.82, 2.24) is 0 Å². The Morgan fingerprint density at radius 1 is 1.29 bits per heavy atom. The lowest BCUT2D eigenvalue weighted by molar-refractivity contribution is -0.150. The minimum Gasteiger partial charge on any atom is -0.477 e. The molecule has 6 heteroatoms. The number of carbonyl (C=O) groups excluding carboxylic acids is 1. The summed E-state index contributed by atoms with van der Waals surface area (Å²) in [6.45, 7) is 5.66. The van der Waals surface area contributed by atoms with Crippen molar-refractivity contribution in [3.63, 3.8) is 0 Å². The van der Waals surface area contributed by atoms with Crippen molar-refractivity contribution in [1.29, 1.82) is 0 Å². The molecule has 0 aliphatic heterocycles. The first-order chi connectivity index (χ1) is 11.5. The first-order valence-electron chi connectivity index (χ1n) is 8.05. The van der Waals surface area contributed by atoms with Crippen molar-refractivity contribution >= 4 is 28.5 Å². The molecule has 0 N–H and O–H groups in total. The highest BCUT2D eigenvalue weighted by atomic mass is 35.5. The van der Waals surface area contributed by atoms with Gasteiger partial charge in [0, 0.05) is 17.5 Å². The van der Waals surface area contributed by atoms with E-state index in [-0.39, 0.29) is 12.4 Å². The van der Waals surface area contributed by atoms with Crippen molar-refractivity contribution in [3.05, 3.63) is 39.2 Å². The van der Waals surface area contributed by atoms with Crippen LogP contribution in [0.1, 0.15) is 39.2 Å². The Bertz CT molecular complexity index is 781. The van der Waals surface area contributed by atoms with Gasteiger partial charge in [0.25, 0.3) is 0 Å². The predicted octanol–water partition coefficient (Wildman–Crippen LogP) is 4.12. The highest BCUT2D eigenvalue weighted by molar-refractivity contribution is 6.32. The van der Waals surface area contributed by atoms with Gasteiger partial charge in [0.2, 0.25) is 0 Å². The number of benzene rings is 1. The van der Waals surface area contributed by atoms with Crippen molar-refractivity contribution in [2.24, 2.45) is 0 Å². The molecule has 1 aromatic heterocycles. The number of ether oxygens (including phenoxy) is 2. The Balaban J connectivity index is 2.38. The zero-order valence-electron chi connectivity index (χ0n) is 14.1. The molecule has 0 aliphatic carbocycles. The number of hydrogen-bond acceptors (Lipinski definition) is 5. The molecule has 130 valence electrons. The molecule has 0 spiro atoms. The molecule has 0 bridgehead atoms. The summed E-state index contributed by atoms with van der Waals surface area (Å²) in [6.07, 6.45) is 1.95. The van der Waals surface area contributed by atoms with Gasteiger partial charge >= 0.3 is 11.6 Å². The van der Waals surface area contributed by atoms with Crippen LogP contribution < -0.4 is 10.4 Å². The Hall–Kier alpha value is -2.01. The van der Waals surface area contributed by atoms with E-state index >= 15 is 0 Å². The monoisotopic (exact) mass is 352 g/mol. The van der Waals surface area contributed by atoms with Crippen LogP contribution in [0.3, 0.4) is 0 Å². The molecule has 1 atom stereocenters. The second-order valence-corrected chi connectivity index (χ2v) is 5.89. The number of halogens is 1. The van der Waals surface area contributed by atoms with Crippen LogP contribution in [-0.2, 0) is 16.0 Å². The van der Waals surface area contributed by atoms with Gasteiger partial charge in [-0.15, -0.1) is 0 Å². The number of unbranched alkanes of at least 4 members (excludes halogenated alkanes) is 1. The highest BCUT2D eigenvalue weighted by Crippen LogP contribution is 2.32. The van der Waals surface area contributed by atoms with Crippen LogP contribution in [0.2, 0.25) is 5.02 Å². The van der Waals surface area contributed by atoms with E-state index < -0.39 is 17.7 Å².